The summed E-state index contributed by atoms with van der Waals surface area (Å²) in [7, 11) is 0. The lowest BCUT2D eigenvalue weighted by Gasteiger charge is -2.39. The molecule has 3 rings (SSSR count). The van der Waals surface area contributed by atoms with Gasteiger partial charge in [-0.15, -0.1) is 12.3 Å². The Hall–Kier alpha value is -2.71. The molecule has 0 saturated heterocycles. The largest absolute Gasteiger partial charge is 0.339 e. The number of nitrogens with zero attached hydrogens (tertiary/aromatic N) is 2. The lowest BCUT2D eigenvalue weighted by atomic mass is 9.65. The standard InChI is InChI=1S/C37H54N2O2/c1-7-11-12-14-27(5)15-20-36(40)34-19-18-29(24-31(34)13-8-2)30-16-17-32-25-33(23-28(6)38-35(32)26-30)37(41)39(21-9-3)22-10-4/h7,13-14,16-17,25,29-32,34-35H,1-2,9-12,15,18-24,26H2,3-6H3/b27-14+. The molecule has 1 amide bonds. The molecule has 0 N–H and O–H groups in total. The maximum absolute atomic E-state index is 13.4. The maximum Gasteiger partial charge on any atom is 0.249 e. The van der Waals surface area contributed by atoms with E-state index in [9.17, 15) is 9.59 Å². The molecule has 0 aromatic heterocycles. The molecule has 1 aliphatic heterocycles. The number of carbonyl (C=O) groups is 2. The number of ketones is 1. The van der Waals surface area contributed by atoms with Gasteiger partial charge in [-0.05, 0) is 95.5 Å². The number of amides is 1. The summed E-state index contributed by atoms with van der Waals surface area (Å²) >= 11 is 0. The Balaban J connectivity index is 1.67. The average Bonchev–Trinajstić information content (AvgIpc) is 3.13. The second-order valence-corrected chi connectivity index (χ2v) is 12.6. The van der Waals surface area contributed by atoms with Gasteiger partial charge in [0.25, 0.3) is 0 Å². The molecule has 3 aliphatic rings. The molecule has 1 fully saturated rings. The quantitative estimate of drug-likeness (QED) is 0.122. The zero-order valence-electron chi connectivity index (χ0n) is 26.2. The predicted octanol–water partition coefficient (Wildman–Crippen LogP) is 8.62. The van der Waals surface area contributed by atoms with Gasteiger partial charge in [-0.1, -0.05) is 56.4 Å². The number of allylic oxidation sites excluding steroid dienone is 5. The van der Waals surface area contributed by atoms with Crippen LogP contribution >= 0.6 is 0 Å². The van der Waals surface area contributed by atoms with Crippen LogP contribution < -0.4 is 0 Å². The van der Waals surface area contributed by atoms with Crippen LogP contribution in [0.3, 0.4) is 0 Å². The van der Waals surface area contributed by atoms with Gasteiger partial charge in [-0.3, -0.25) is 14.6 Å². The van der Waals surface area contributed by atoms with Gasteiger partial charge in [0.1, 0.15) is 5.78 Å². The molecule has 0 aromatic carbocycles. The van der Waals surface area contributed by atoms with Gasteiger partial charge in [0.15, 0.2) is 0 Å². The van der Waals surface area contributed by atoms with Crippen LogP contribution in [0.25, 0.3) is 0 Å². The summed E-state index contributed by atoms with van der Waals surface area (Å²) in [5.41, 5.74) is 6.29. The van der Waals surface area contributed by atoms with Crippen LogP contribution in [0.2, 0.25) is 0 Å². The minimum atomic E-state index is 0.0747. The van der Waals surface area contributed by atoms with Crippen LogP contribution in [0, 0.1) is 29.6 Å². The molecule has 6 unspecified atom stereocenters. The number of hydrogen-bond donors (Lipinski definition) is 0. The van der Waals surface area contributed by atoms with Crippen molar-refractivity contribution in [3.63, 3.8) is 0 Å². The summed E-state index contributed by atoms with van der Waals surface area (Å²) in [6, 6.07) is 0.185. The van der Waals surface area contributed by atoms with Crippen molar-refractivity contribution in [1.82, 2.24) is 4.90 Å². The van der Waals surface area contributed by atoms with E-state index >= 15 is 0 Å². The molecule has 2 aliphatic carbocycles. The Morgan fingerprint density at radius 2 is 1.85 bits per heavy atom. The molecule has 0 aromatic rings. The highest BCUT2D eigenvalue weighted by atomic mass is 16.2. The van der Waals surface area contributed by atoms with Crippen LogP contribution in [0.1, 0.15) is 98.3 Å². The molecular weight excluding hydrogens is 504 g/mol. The number of hydrogen-bond acceptors (Lipinski definition) is 3. The van der Waals surface area contributed by atoms with Crippen LogP contribution in [0.4, 0.5) is 0 Å². The Bertz CT molecular complexity index is 1080. The van der Waals surface area contributed by atoms with Crippen molar-refractivity contribution in [2.45, 2.75) is 104 Å². The van der Waals surface area contributed by atoms with E-state index in [-0.39, 0.29) is 29.7 Å². The normalized spacial score (nSPS) is 28.0. The van der Waals surface area contributed by atoms with E-state index in [4.69, 9.17) is 4.99 Å². The summed E-state index contributed by atoms with van der Waals surface area (Å²) in [4.78, 5) is 33.9. The first-order valence-electron chi connectivity index (χ1n) is 16.2. The van der Waals surface area contributed by atoms with Gasteiger partial charge in [-0.2, -0.15) is 0 Å². The Kier molecular flexibility index (Phi) is 13.3. The number of unbranched alkanes of at least 4 members (excludes halogenated alkanes) is 1. The highest BCUT2D eigenvalue weighted by Crippen LogP contribution is 2.44. The molecule has 1 saturated carbocycles. The van der Waals surface area contributed by atoms with Crippen molar-refractivity contribution >= 4 is 17.4 Å². The van der Waals surface area contributed by atoms with Crippen LogP contribution in [0.5, 0.6) is 0 Å². The first kappa shape index (κ1) is 32.8. The number of Topliss-reactive ketones (excluding diaryl/α,β-unsaturated/α-hetero) is 1. The number of carbonyl (C=O) groups excluding carboxylic acids is 2. The van der Waals surface area contributed by atoms with Crippen molar-refractivity contribution < 1.29 is 9.59 Å². The predicted molar refractivity (Wildman–Crippen MR) is 173 cm³/mol. The topological polar surface area (TPSA) is 49.7 Å². The van der Waals surface area contributed by atoms with Gasteiger partial charge in [-0.25, -0.2) is 0 Å². The molecule has 1 heterocycles. The lowest BCUT2D eigenvalue weighted by Crippen LogP contribution is -2.35. The SMILES string of the molecule is C=C=CC1CC(C2C=CC3C=C(C(=O)N(CCC)CCC)CC(C)=NC3C2)CCC1C(=O)CC/C(C)=C/CCC=C. The van der Waals surface area contributed by atoms with Crippen LogP contribution in [0.15, 0.2) is 71.5 Å². The van der Waals surface area contributed by atoms with E-state index < -0.39 is 0 Å². The number of rotatable bonds is 14. The van der Waals surface area contributed by atoms with Crippen molar-refractivity contribution in [2.24, 2.45) is 34.6 Å². The molecule has 0 radical (unpaired) electrons. The lowest BCUT2D eigenvalue weighted by molar-refractivity contribution is -0.127. The third kappa shape index (κ3) is 9.40. The van der Waals surface area contributed by atoms with E-state index in [1.165, 1.54) is 5.57 Å². The van der Waals surface area contributed by atoms with E-state index in [0.29, 0.717) is 30.5 Å². The van der Waals surface area contributed by atoms with E-state index in [2.05, 4.69) is 77.0 Å². The fraction of sp³-hybridized carbons (Fsp3) is 0.622. The third-order valence-corrected chi connectivity index (χ3v) is 9.23. The monoisotopic (exact) mass is 558 g/mol. The van der Waals surface area contributed by atoms with Gasteiger partial charge in [0.05, 0.1) is 6.04 Å². The minimum absolute atomic E-state index is 0.0747. The molecule has 6 atom stereocenters. The summed E-state index contributed by atoms with van der Waals surface area (Å²) < 4.78 is 0. The Labute approximate surface area is 250 Å². The van der Waals surface area contributed by atoms with E-state index in [0.717, 1.165) is 82.2 Å². The number of aliphatic imine (C=N–C) groups is 1. The Morgan fingerprint density at radius 1 is 1.10 bits per heavy atom. The van der Waals surface area contributed by atoms with Gasteiger partial charge in [0.2, 0.25) is 5.91 Å². The van der Waals surface area contributed by atoms with Crippen LogP contribution in [-0.4, -0.2) is 41.4 Å². The van der Waals surface area contributed by atoms with Crippen molar-refractivity contribution in [1.29, 1.82) is 0 Å². The minimum Gasteiger partial charge on any atom is -0.339 e. The van der Waals surface area contributed by atoms with E-state index in [1.54, 1.807) is 0 Å². The van der Waals surface area contributed by atoms with E-state index in [1.807, 2.05) is 11.0 Å². The van der Waals surface area contributed by atoms with Gasteiger partial charge in [0, 0.05) is 49.1 Å². The van der Waals surface area contributed by atoms with Crippen molar-refractivity contribution in [3.8, 4) is 0 Å². The second-order valence-electron chi connectivity index (χ2n) is 12.6. The highest BCUT2D eigenvalue weighted by molar-refractivity contribution is 6.00. The Morgan fingerprint density at radius 3 is 2.54 bits per heavy atom. The average molecular weight is 559 g/mol. The van der Waals surface area contributed by atoms with Crippen LogP contribution in [-0.2, 0) is 9.59 Å². The number of fused-ring (bicyclic) bond motifs is 1. The first-order valence-corrected chi connectivity index (χ1v) is 16.2. The molecule has 0 spiro atoms. The molecular formula is C37H54N2O2. The summed E-state index contributed by atoms with van der Waals surface area (Å²) in [6.45, 7) is 17.7. The van der Waals surface area contributed by atoms with Crippen molar-refractivity contribution in [3.05, 3.63) is 66.5 Å². The molecule has 0 bridgehead atoms. The summed E-state index contributed by atoms with van der Waals surface area (Å²) in [5.74, 6) is 2.01. The van der Waals surface area contributed by atoms with Gasteiger partial charge >= 0.3 is 0 Å². The molecule has 4 heteroatoms. The molecule has 41 heavy (non-hydrogen) atoms. The maximum atomic E-state index is 13.4. The first-order chi connectivity index (χ1) is 19.8. The highest BCUT2D eigenvalue weighted by Gasteiger charge is 2.38. The molecule has 4 nitrogen and oxygen atoms in total. The van der Waals surface area contributed by atoms with Gasteiger partial charge < -0.3 is 4.90 Å². The zero-order chi connectivity index (χ0) is 29.8. The smallest absolute Gasteiger partial charge is 0.249 e. The molecule has 224 valence electrons. The summed E-state index contributed by atoms with van der Waals surface area (Å²) in [5, 5.41) is 0. The fourth-order valence-corrected chi connectivity index (χ4v) is 7.09. The fourth-order valence-electron chi connectivity index (χ4n) is 7.09. The second kappa shape index (κ2) is 16.7. The third-order valence-electron chi connectivity index (χ3n) is 9.23. The van der Waals surface area contributed by atoms with Crippen molar-refractivity contribution in [2.75, 3.05) is 13.1 Å². The summed E-state index contributed by atoms with van der Waals surface area (Å²) in [6.07, 6.45) is 23.2. The zero-order valence-corrected chi connectivity index (χ0v) is 26.2.